The second-order valence-electron chi connectivity index (χ2n) is 3.52. The van der Waals surface area contributed by atoms with Crippen LogP contribution in [-0.4, -0.2) is 50.3 Å². The molecule has 0 aromatic carbocycles. The van der Waals surface area contributed by atoms with E-state index in [1.807, 2.05) is 41.5 Å². The summed E-state index contributed by atoms with van der Waals surface area (Å²) < 4.78 is 5.43. The Morgan fingerprint density at radius 2 is 1.59 bits per heavy atom. The molecule has 0 saturated carbocycles. The Morgan fingerprint density at radius 3 is 1.94 bits per heavy atom. The maximum atomic E-state index is 5.43. The average Bonchev–Trinajstić information content (AvgIpc) is 2.35. The summed E-state index contributed by atoms with van der Waals surface area (Å²) in [5.74, 6) is 0. The van der Waals surface area contributed by atoms with Crippen LogP contribution in [0.3, 0.4) is 0 Å². The van der Waals surface area contributed by atoms with Gasteiger partial charge >= 0.3 is 0 Å². The number of piperazine rings is 1. The summed E-state index contributed by atoms with van der Waals surface area (Å²) in [6.07, 6.45) is 1.74. The van der Waals surface area contributed by atoms with Gasteiger partial charge in [-0.15, -0.1) is 0 Å². The van der Waals surface area contributed by atoms with Gasteiger partial charge in [0.05, 0.1) is 6.10 Å². The molecule has 2 aliphatic rings. The Morgan fingerprint density at radius 1 is 1.06 bits per heavy atom. The van der Waals surface area contributed by atoms with Crippen molar-refractivity contribution in [3.05, 3.63) is 0 Å². The van der Waals surface area contributed by atoms with E-state index in [1.54, 1.807) is 0 Å². The van der Waals surface area contributed by atoms with E-state index in [0.717, 1.165) is 19.7 Å². The first kappa shape index (κ1) is 19.2. The summed E-state index contributed by atoms with van der Waals surface area (Å²) in [5, 5.41) is 3.48. The zero-order chi connectivity index (χ0) is 13.7. The van der Waals surface area contributed by atoms with E-state index in [-0.39, 0.29) is 0 Å². The minimum Gasteiger partial charge on any atom is -0.376 e. The number of likely N-dealkylation sites (N-methyl/N-ethyl adjacent to an activating group) is 1. The fourth-order valence-electron chi connectivity index (χ4n) is 1.75. The zero-order valence-corrected chi connectivity index (χ0v) is 13.0. The van der Waals surface area contributed by atoms with E-state index in [4.69, 9.17) is 4.74 Å². The van der Waals surface area contributed by atoms with Crippen molar-refractivity contribution >= 4 is 0 Å². The van der Waals surface area contributed by atoms with Gasteiger partial charge in [0.2, 0.25) is 0 Å². The molecule has 0 aromatic heterocycles. The lowest BCUT2D eigenvalue weighted by Crippen LogP contribution is -2.57. The maximum absolute atomic E-state index is 5.43. The largest absolute Gasteiger partial charge is 0.376 e. The smallest absolute Gasteiger partial charge is 0.0762 e. The van der Waals surface area contributed by atoms with Crippen molar-refractivity contribution in [1.29, 1.82) is 0 Å². The molecule has 3 nitrogen and oxygen atoms in total. The van der Waals surface area contributed by atoms with Gasteiger partial charge in [-0.3, -0.25) is 0 Å². The molecule has 0 bridgehead atoms. The first-order chi connectivity index (χ1) is 8.36. The van der Waals surface area contributed by atoms with E-state index < -0.39 is 0 Å². The molecule has 2 fully saturated rings. The van der Waals surface area contributed by atoms with Crippen molar-refractivity contribution in [1.82, 2.24) is 10.2 Å². The monoisotopic (exact) mass is 246 g/mol. The molecule has 3 heteroatoms. The molecule has 0 radical (unpaired) electrons. The third-order valence-corrected chi connectivity index (χ3v) is 2.59. The number of ether oxygens (including phenoxy) is 1. The molecule has 2 unspecified atom stereocenters. The molecule has 0 amide bonds. The molecule has 2 rings (SSSR count). The highest BCUT2D eigenvalue weighted by atomic mass is 16.5. The van der Waals surface area contributed by atoms with E-state index >= 15 is 0 Å². The van der Waals surface area contributed by atoms with Gasteiger partial charge in [-0.2, -0.15) is 0 Å². The first-order valence-corrected chi connectivity index (χ1v) is 7.40. The summed E-state index contributed by atoms with van der Waals surface area (Å²) in [5.41, 5.74) is 0. The molecule has 0 aliphatic carbocycles. The fourth-order valence-corrected chi connectivity index (χ4v) is 1.75. The molecule has 0 spiro atoms. The van der Waals surface area contributed by atoms with Crippen molar-refractivity contribution in [2.75, 3.05) is 33.3 Å². The maximum Gasteiger partial charge on any atom is 0.0762 e. The van der Waals surface area contributed by atoms with E-state index in [2.05, 4.69) is 17.3 Å². The third-order valence-electron chi connectivity index (χ3n) is 2.59. The van der Waals surface area contributed by atoms with Crippen molar-refractivity contribution < 1.29 is 4.74 Å². The molecule has 2 heterocycles. The number of nitrogens with zero attached hydrogens (tertiary/aromatic N) is 1. The lowest BCUT2D eigenvalue weighted by Gasteiger charge is -2.39. The highest BCUT2D eigenvalue weighted by Gasteiger charge is 2.30. The summed E-state index contributed by atoms with van der Waals surface area (Å²) in [7, 11) is 2.17. The standard InChI is InChI=1S/C8H16N2O.3C2H6/c1-10-4-3-9-7(6-10)8-2-5-11-8;3*1-2/h7-9H,2-6H2,1H3;3*1-2H3. The minimum atomic E-state index is 0.498. The van der Waals surface area contributed by atoms with Crippen molar-refractivity contribution in [2.24, 2.45) is 0 Å². The summed E-state index contributed by atoms with van der Waals surface area (Å²) in [6.45, 7) is 16.4. The summed E-state index contributed by atoms with van der Waals surface area (Å²) in [6, 6.07) is 0.586. The zero-order valence-electron chi connectivity index (χ0n) is 13.0. The molecule has 106 valence electrons. The van der Waals surface area contributed by atoms with Crippen LogP contribution in [-0.2, 0) is 4.74 Å². The van der Waals surface area contributed by atoms with Crippen LogP contribution in [0, 0.1) is 0 Å². The van der Waals surface area contributed by atoms with E-state index in [1.165, 1.54) is 13.0 Å². The quantitative estimate of drug-likeness (QED) is 0.770. The second kappa shape index (κ2) is 13.9. The van der Waals surface area contributed by atoms with Crippen LogP contribution in [0.25, 0.3) is 0 Å². The lowest BCUT2D eigenvalue weighted by atomic mass is 10.0. The normalized spacial score (nSPS) is 27.0. The molecule has 2 atom stereocenters. The van der Waals surface area contributed by atoms with Crippen LogP contribution in [0.15, 0.2) is 0 Å². The summed E-state index contributed by atoms with van der Waals surface area (Å²) >= 11 is 0. The number of rotatable bonds is 1. The van der Waals surface area contributed by atoms with Gasteiger partial charge in [-0.1, -0.05) is 41.5 Å². The first-order valence-electron chi connectivity index (χ1n) is 7.40. The van der Waals surface area contributed by atoms with Crippen LogP contribution in [0.1, 0.15) is 48.0 Å². The summed E-state index contributed by atoms with van der Waals surface area (Å²) in [4.78, 5) is 2.36. The van der Waals surface area contributed by atoms with E-state index in [9.17, 15) is 0 Å². The Hall–Kier alpha value is -0.120. The van der Waals surface area contributed by atoms with Crippen LogP contribution >= 0.6 is 0 Å². The number of nitrogens with one attached hydrogen (secondary N) is 1. The molecule has 2 saturated heterocycles. The average molecular weight is 246 g/mol. The molecule has 0 aromatic rings. The van der Waals surface area contributed by atoms with Crippen LogP contribution in [0.5, 0.6) is 0 Å². The SMILES string of the molecule is CC.CC.CC.CN1CCNC(C2CCO2)C1. The van der Waals surface area contributed by atoms with E-state index in [0.29, 0.717) is 12.1 Å². The molecular formula is C14H34N2O. The van der Waals surface area contributed by atoms with Gasteiger partial charge in [0.1, 0.15) is 0 Å². The van der Waals surface area contributed by atoms with Crippen molar-refractivity contribution in [3.8, 4) is 0 Å². The van der Waals surface area contributed by atoms with Gasteiger partial charge in [-0.25, -0.2) is 0 Å². The molecule has 1 N–H and O–H groups in total. The second-order valence-corrected chi connectivity index (χ2v) is 3.52. The van der Waals surface area contributed by atoms with Gasteiger partial charge < -0.3 is 15.0 Å². The van der Waals surface area contributed by atoms with Crippen molar-refractivity contribution in [2.45, 2.75) is 60.1 Å². The van der Waals surface area contributed by atoms with Crippen LogP contribution < -0.4 is 5.32 Å². The third kappa shape index (κ3) is 7.74. The lowest BCUT2D eigenvalue weighted by molar-refractivity contribution is -0.0798. The van der Waals surface area contributed by atoms with Crippen molar-refractivity contribution in [3.63, 3.8) is 0 Å². The molecule has 2 aliphatic heterocycles. The van der Waals surface area contributed by atoms with Gasteiger partial charge in [-0.05, 0) is 13.5 Å². The fraction of sp³-hybridized carbons (Fsp3) is 1.00. The predicted octanol–water partition coefficient (Wildman–Crippen LogP) is 2.76. The topological polar surface area (TPSA) is 24.5 Å². The Labute approximate surface area is 109 Å². The Kier molecular flexibility index (Phi) is 15.8. The van der Waals surface area contributed by atoms with Gasteiger partial charge in [0.15, 0.2) is 0 Å². The molecular weight excluding hydrogens is 212 g/mol. The Bertz CT molecular complexity index is 138. The Balaban J connectivity index is 0. The van der Waals surface area contributed by atoms with Crippen LogP contribution in [0.2, 0.25) is 0 Å². The number of hydrogen-bond acceptors (Lipinski definition) is 3. The number of hydrogen-bond donors (Lipinski definition) is 1. The highest BCUT2D eigenvalue weighted by Crippen LogP contribution is 2.16. The van der Waals surface area contributed by atoms with Crippen LogP contribution in [0.4, 0.5) is 0 Å². The molecule has 17 heavy (non-hydrogen) atoms. The predicted molar refractivity (Wildman–Crippen MR) is 77.7 cm³/mol. The minimum absolute atomic E-state index is 0.498. The highest BCUT2D eigenvalue weighted by molar-refractivity contribution is 4.87. The van der Waals surface area contributed by atoms with Gasteiger partial charge in [0, 0.05) is 32.3 Å². The van der Waals surface area contributed by atoms with Gasteiger partial charge in [0.25, 0.3) is 0 Å².